The smallest absolute Gasteiger partial charge is 0.122 e. The summed E-state index contributed by atoms with van der Waals surface area (Å²) in [7, 11) is 3.73. The maximum absolute atomic E-state index is 6.41. The average molecular weight is 859 g/mol. The summed E-state index contributed by atoms with van der Waals surface area (Å²) in [4.78, 5) is 0. The Bertz CT molecular complexity index is 7120. The zero-order valence-electron chi connectivity index (χ0n) is 36.1. The second-order valence-corrected chi connectivity index (χ2v) is 25.2. The Hall–Kier alpha value is -8.72. The van der Waals surface area contributed by atoms with Crippen molar-refractivity contribution in [1.82, 2.24) is 0 Å². The molecular weight excluding hydrogens is 849 g/mol. The number of rotatable bonds is 3. The maximum Gasteiger partial charge on any atom is 0.122 e. The van der Waals surface area contributed by atoms with Gasteiger partial charge in [0.05, 0.1) is 19.6 Å². The third-order valence-corrected chi connectivity index (χ3v) is 24.9. The topological polar surface area (TPSA) is 18.5 Å². The minimum atomic E-state index is -0.479. The Balaban J connectivity index is 1.19. The van der Waals surface area contributed by atoms with E-state index in [0.717, 1.165) is 11.5 Å². The largest absolute Gasteiger partial charge is 0.497 e. The summed E-state index contributed by atoms with van der Waals surface area (Å²) in [6, 6.07) is 7.09. The van der Waals surface area contributed by atoms with Crippen molar-refractivity contribution < 1.29 is 9.47 Å². The molecule has 0 heterocycles. The van der Waals surface area contributed by atoms with Crippen LogP contribution in [0, 0.1) is 0 Å². The van der Waals surface area contributed by atoms with Crippen LogP contribution in [-0.4, -0.2) is 14.2 Å². The molecule has 0 spiro atoms. The van der Waals surface area contributed by atoms with E-state index in [1.807, 2.05) is 14.2 Å². The van der Waals surface area contributed by atoms with Gasteiger partial charge in [0.1, 0.15) is 11.5 Å². The first-order chi connectivity index (χ1) is 34.8. The second-order valence-electron chi connectivity index (χ2n) is 25.2. The van der Waals surface area contributed by atoms with Gasteiger partial charge in [-0.1, -0.05) is 0 Å². The normalized spacial score (nSPS) is 20.6. The minimum Gasteiger partial charge on any atom is -0.497 e. The molecule has 0 fully saturated rings. The lowest BCUT2D eigenvalue weighted by Crippen LogP contribution is -2.38. The quantitative estimate of drug-likeness (QED) is 0.165. The lowest BCUT2D eigenvalue weighted by Gasteiger charge is -2.46. The predicted octanol–water partition coefficient (Wildman–Crippen LogP) is 18.2. The Kier molecular flexibility index (Phi) is 2.23. The van der Waals surface area contributed by atoms with Crippen LogP contribution in [-0.2, 0) is 5.41 Å². The lowest BCUT2D eigenvalue weighted by molar-refractivity contribution is 0.391. The predicted molar refractivity (Wildman–Crippen MR) is 294 cm³/mol. The van der Waals surface area contributed by atoms with E-state index in [1.54, 1.807) is 313 Å². The highest BCUT2D eigenvalue weighted by Gasteiger charge is 2.63. The highest BCUT2D eigenvalue weighted by Crippen LogP contribution is 2.84. The molecule has 0 amide bonds. The van der Waals surface area contributed by atoms with Crippen molar-refractivity contribution >= 4 is 291 Å². The van der Waals surface area contributed by atoms with Crippen molar-refractivity contribution in [1.29, 1.82) is 0 Å². The van der Waals surface area contributed by atoms with Crippen LogP contribution in [0.5, 0.6) is 11.5 Å². The van der Waals surface area contributed by atoms with Gasteiger partial charge in [-0.25, -0.2) is 0 Å². The molecule has 70 heavy (non-hydrogen) atoms. The molecule has 0 aliphatic heterocycles. The number of hydrogen-bond donors (Lipinski definition) is 0. The molecule has 0 radical (unpaired) electrons. The molecule has 4 aliphatic rings. The summed E-state index contributed by atoms with van der Waals surface area (Å²) in [5.41, 5.74) is 7.52. The summed E-state index contributed by atoms with van der Waals surface area (Å²) < 4.78 is 12.8. The highest BCUT2D eigenvalue weighted by atomic mass is 16.5. The van der Waals surface area contributed by atoms with Gasteiger partial charge < -0.3 is 9.47 Å². The van der Waals surface area contributed by atoms with Crippen LogP contribution in [0.2, 0.25) is 0 Å². The van der Waals surface area contributed by atoms with Crippen LogP contribution in [0.1, 0.15) is 33.7 Å². The van der Waals surface area contributed by atoms with Gasteiger partial charge in [0.15, 0.2) is 0 Å². The number of benzene rings is 19. The summed E-state index contributed by atoms with van der Waals surface area (Å²) in [5, 5.41) is 88.2. The van der Waals surface area contributed by atoms with Crippen molar-refractivity contribution in [2.24, 2.45) is 0 Å². The van der Waals surface area contributed by atoms with E-state index < -0.39 is 5.41 Å². The first-order valence-electron chi connectivity index (χ1n) is 25.8. The highest BCUT2D eigenvalue weighted by molar-refractivity contribution is 6.82. The summed E-state index contributed by atoms with van der Waals surface area (Å²) in [6.45, 7) is 0. The van der Waals surface area contributed by atoms with Crippen molar-refractivity contribution in [2.75, 3.05) is 14.2 Å². The summed E-state index contributed by atoms with van der Waals surface area (Å²) in [6.07, 6.45) is 0. The van der Waals surface area contributed by atoms with Crippen LogP contribution in [0.15, 0.2) is 18.2 Å². The van der Waals surface area contributed by atoms with Gasteiger partial charge in [0.2, 0.25) is 0 Å². The van der Waals surface area contributed by atoms with Crippen molar-refractivity contribution in [3.8, 4) is 11.5 Å². The van der Waals surface area contributed by atoms with Crippen LogP contribution in [0.25, 0.3) is 291 Å². The molecular formula is C68H10O2. The van der Waals surface area contributed by atoms with Crippen LogP contribution < -0.4 is 9.47 Å². The molecule has 0 unspecified atom stereocenters. The van der Waals surface area contributed by atoms with E-state index in [1.165, 1.54) is 5.56 Å². The molecule has 0 atom stereocenters. The van der Waals surface area contributed by atoms with Gasteiger partial charge in [-0.2, -0.15) is 0 Å². The van der Waals surface area contributed by atoms with Gasteiger partial charge >= 0.3 is 0 Å². The molecule has 33 rings (SSSR count). The van der Waals surface area contributed by atoms with E-state index in [4.69, 9.17) is 9.47 Å². The van der Waals surface area contributed by atoms with E-state index in [9.17, 15) is 0 Å². The zero-order chi connectivity index (χ0) is 41.8. The molecule has 0 N–H and O–H groups in total. The molecule has 0 bridgehead atoms. The van der Waals surface area contributed by atoms with Gasteiger partial charge in [0.25, 0.3) is 0 Å². The van der Waals surface area contributed by atoms with Crippen LogP contribution in [0.4, 0.5) is 0 Å². The van der Waals surface area contributed by atoms with Crippen molar-refractivity contribution in [3.05, 3.63) is 46.0 Å². The molecule has 294 valence electrons. The van der Waals surface area contributed by atoms with Crippen LogP contribution >= 0.6 is 0 Å². The minimum absolute atomic E-state index is 0.134. The summed E-state index contributed by atoms with van der Waals surface area (Å²) >= 11 is 0. The maximum atomic E-state index is 6.41. The number of hydrogen-bond acceptors (Lipinski definition) is 2. The lowest BCUT2D eigenvalue weighted by atomic mass is 9.54. The summed E-state index contributed by atoms with van der Waals surface area (Å²) in [5.74, 6) is 1.92. The first kappa shape index (κ1) is 26.1. The molecule has 29 aromatic rings. The molecule has 2 heteroatoms. The van der Waals surface area contributed by atoms with Gasteiger partial charge in [0, 0.05) is 12.0 Å². The molecule has 2 nitrogen and oxygen atoms in total. The van der Waals surface area contributed by atoms with Gasteiger partial charge in [-0.15, -0.1) is 0 Å². The zero-order valence-corrected chi connectivity index (χ0v) is 36.1. The first-order valence-corrected chi connectivity index (χ1v) is 25.8. The van der Waals surface area contributed by atoms with Crippen molar-refractivity contribution in [3.63, 3.8) is 0 Å². The Labute approximate surface area is 381 Å². The standard InChI is InChI=1S/C68H10O2/c1-69-7-3-6(4-8(5-7)70-2)68-65-61-55-41-33-25-13-10-9-11-14(13)26-28-24-18(11)20-16-12(9)15-19-17(10)23-27(25)39(41)47-45-31(23)29(19)37-35-21(15)22(16)36-38-30(20)32(24)46-48-40(28)42(34(26)33)56(55)62(65)58(48)60-52(46)50(38)54-44(36)43(35)53-49(37)51(45)59(57(47)61)66(68)63(53)64(54)67(60)68/h3-5,65H,1-2H3. The number of methoxy groups -OCH3 is 2. The molecule has 0 saturated carbocycles. The monoisotopic (exact) mass is 858 g/mol. The molecule has 0 saturated heterocycles. The van der Waals surface area contributed by atoms with E-state index >= 15 is 0 Å². The SMILES string of the molecule is COc1cc(OC)cc(C23c4c5c6c7c8c9c(c%10c%11c2c2c4c4c%12c5c5c6c6c8c8c%13c9c9c%10c%10c%11c%11c2c2c4c4c%12c%12c5c5c6c8c6c8c%13c9c9c%10c%10c%11c2c2c4c4c%12c5c6c5c8c9c%10c2c45)C73)c1. The average Bonchev–Trinajstić information content (AvgIpc) is 4.41. The Morgan fingerprint density at radius 2 is 0.400 bits per heavy atom. The van der Waals surface area contributed by atoms with E-state index in [2.05, 4.69) is 18.2 Å². The van der Waals surface area contributed by atoms with Gasteiger partial charge in [-0.3, -0.25) is 0 Å². The molecule has 0 aromatic heterocycles. The van der Waals surface area contributed by atoms with Gasteiger partial charge in [-0.05, 0) is 331 Å². The van der Waals surface area contributed by atoms with Crippen molar-refractivity contribution in [2.45, 2.75) is 11.3 Å². The van der Waals surface area contributed by atoms with E-state index in [-0.39, 0.29) is 5.92 Å². The molecule has 29 aromatic carbocycles. The molecule has 4 aliphatic carbocycles. The fourth-order valence-electron chi connectivity index (χ4n) is 24.7. The number of ether oxygens (including phenoxy) is 2. The fourth-order valence-corrected chi connectivity index (χ4v) is 24.7. The van der Waals surface area contributed by atoms with Crippen LogP contribution in [0.3, 0.4) is 0 Å². The third kappa shape index (κ3) is 1.40. The third-order valence-electron chi connectivity index (χ3n) is 24.9. The fraction of sp³-hybridized carbons (Fsp3) is 0.0588. The van der Waals surface area contributed by atoms with E-state index in [0.29, 0.717) is 0 Å². The Morgan fingerprint density at radius 1 is 0.229 bits per heavy atom. The second kappa shape index (κ2) is 5.98. The Morgan fingerprint density at radius 3 is 0.614 bits per heavy atom.